The third kappa shape index (κ3) is 8.37. The van der Waals surface area contributed by atoms with Gasteiger partial charge in [-0.2, -0.15) is 0 Å². The number of hydrogen-bond acceptors (Lipinski definition) is 0. The minimum Gasteiger partial charge on any atom is -0.0819 e. The predicted molar refractivity (Wildman–Crippen MR) is 165 cm³/mol. The highest BCUT2D eigenvalue weighted by molar-refractivity contribution is 5.12. The Bertz CT molecular complexity index is 612. The summed E-state index contributed by atoms with van der Waals surface area (Å²) in [6.45, 7) is 32.4. The molecule has 36 heavy (non-hydrogen) atoms. The normalized spacial score (nSPS) is 28.0. The molecule has 1 aliphatic carbocycles. The van der Waals surface area contributed by atoms with E-state index < -0.39 is 0 Å². The lowest BCUT2D eigenvalue weighted by Crippen LogP contribution is -2.57. The minimum atomic E-state index is 0.519. The molecule has 1 fully saturated rings. The fourth-order valence-electron chi connectivity index (χ4n) is 8.37. The van der Waals surface area contributed by atoms with Crippen LogP contribution in [0.5, 0.6) is 0 Å². The van der Waals surface area contributed by atoms with Crippen LogP contribution in [0.25, 0.3) is 0 Å². The Morgan fingerprint density at radius 1 is 0.889 bits per heavy atom. The zero-order chi connectivity index (χ0) is 27.6. The Morgan fingerprint density at radius 3 is 1.97 bits per heavy atom. The summed E-state index contributed by atoms with van der Waals surface area (Å²) in [5.74, 6) is 8.22. The van der Waals surface area contributed by atoms with Gasteiger partial charge in [0.05, 0.1) is 0 Å². The minimum absolute atomic E-state index is 0.519. The number of unbranched alkanes of at least 4 members (excludes halogenated alkanes) is 1. The maximum atomic E-state index is 2.81. The summed E-state index contributed by atoms with van der Waals surface area (Å²) >= 11 is 0. The van der Waals surface area contributed by atoms with Crippen molar-refractivity contribution in [2.24, 2.45) is 64.6 Å². The van der Waals surface area contributed by atoms with E-state index in [0.717, 1.165) is 59.2 Å². The second-order valence-corrected chi connectivity index (χ2v) is 14.3. The molecule has 0 heteroatoms. The third-order valence-corrected chi connectivity index (χ3v) is 11.4. The van der Waals surface area contributed by atoms with Crippen molar-refractivity contribution in [3.05, 3.63) is 11.6 Å². The molecule has 0 aromatic carbocycles. The van der Waals surface area contributed by atoms with Crippen molar-refractivity contribution < 1.29 is 0 Å². The Hall–Kier alpha value is -0.260. The molecular weight excluding hydrogens is 432 g/mol. The van der Waals surface area contributed by atoms with Gasteiger partial charge in [0.15, 0.2) is 0 Å². The van der Waals surface area contributed by atoms with E-state index >= 15 is 0 Å². The van der Waals surface area contributed by atoms with Gasteiger partial charge in [0, 0.05) is 0 Å². The summed E-state index contributed by atoms with van der Waals surface area (Å²) in [5, 5.41) is 0. The maximum Gasteiger partial charge on any atom is -0.0200 e. The molecule has 0 N–H and O–H groups in total. The summed E-state index contributed by atoms with van der Waals surface area (Å²) in [6, 6.07) is 0. The van der Waals surface area contributed by atoms with E-state index in [1.54, 1.807) is 5.57 Å². The maximum absolute atomic E-state index is 2.81. The predicted octanol–water partition coefficient (Wildman–Crippen LogP) is 12.2. The van der Waals surface area contributed by atoms with Gasteiger partial charge in [0.1, 0.15) is 0 Å². The number of rotatable bonds is 18. The van der Waals surface area contributed by atoms with Gasteiger partial charge in [0.25, 0.3) is 0 Å². The van der Waals surface area contributed by atoms with Crippen LogP contribution < -0.4 is 0 Å². The van der Waals surface area contributed by atoms with E-state index in [1.165, 1.54) is 64.2 Å². The van der Waals surface area contributed by atoms with Crippen molar-refractivity contribution in [1.29, 1.82) is 0 Å². The van der Waals surface area contributed by atoms with Gasteiger partial charge < -0.3 is 0 Å². The Labute approximate surface area is 230 Å². The van der Waals surface area contributed by atoms with Gasteiger partial charge in [-0.3, -0.25) is 0 Å². The van der Waals surface area contributed by atoms with Crippen molar-refractivity contribution >= 4 is 0 Å². The van der Waals surface area contributed by atoms with Crippen LogP contribution in [-0.4, -0.2) is 0 Å². The lowest BCUT2D eigenvalue weighted by atomic mass is 9.41. The van der Waals surface area contributed by atoms with E-state index in [0.29, 0.717) is 5.41 Å². The highest BCUT2D eigenvalue weighted by Crippen LogP contribution is 2.64. The lowest BCUT2D eigenvalue weighted by Gasteiger charge is -2.63. The van der Waals surface area contributed by atoms with E-state index in [1.807, 2.05) is 0 Å². The van der Waals surface area contributed by atoms with Crippen molar-refractivity contribution in [2.45, 2.75) is 154 Å². The average Bonchev–Trinajstić information content (AvgIpc) is 2.83. The largest absolute Gasteiger partial charge is 0.0819 e. The Kier molecular flexibility index (Phi) is 15.0. The monoisotopic (exact) mass is 503 g/mol. The van der Waals surface area contributed by atoms with Gasteiger partial charge in [-0.1, -0.05) is 134 Å². The molecule has 214 valence electrons. The van der Waals surface area contributed by atoms with E-state index in [2.05, 4.69) is 96.1 Å². The summed E-state index contributed by atoms with van der Waals surface area (Å²) in [4.78, 5) is 0. The van der Waals surface area contributed by atoms with Gasteiger partial charge in [-0.05, 0) is 96.7 Å². The molecule has 1 saturated carbocycles. The van der Waals surface area contributed by atoms with Gasteiger partial charge >= 0.3 is 0 Å². The van der Waals surface area contributed by atoms with Crippen LogP contribution in [-0.2, 0) is 0 Å². The second kappa shape index (κ2) is 16.0. The third-order valence-electron chi connectivity index (χ3n) is 11.4. The van der Waals surface area contributed by atoms with Gasteiger partial charge in [-0.15, -0.1) is 0 Å². The standard InChI is InChI=1S/C36H70/c1-14-18-20-28(10)30(12)36(24-35(26(7)8)31(36)13)29(11)22-32(17-4)23-33(19-15-2)34(25(5)6)21-27(9)16-3/h23,25-31,33-35H,14-22,24H2,1-13H3. The van der Waals surface area contributed by atoms with Crippen molar-refractivity contribution in [3.8, 4) is 0 Å². The smallest absolute Gasteiger partial charge is 0.0200 e. The molecule has 1 rings (SSSR count). The van der Waals surface area contributed by atoms with Gasteiger partial charge in [0.2, 0.25) is 0 Å². The Morgan fingerprint density at radius 2 is 1.53 bits per heavy atom. The van der Waals surface area contributed by atoms with Gasteiger partial charge in [-0.25, -0.2) is 0 Å². The van der Waals surface area contributed by atoms with Crippen LogP contribution in [0.2, 0.25) is 0 Å². The molecule has 0 nitrogen and oxygen atoms in total. The number of allylic oxidation sites excluding steroid dienone is 2. The van der Waals surface area contributed by atoms with Crippen molar-refractivity contribution in [2.75, 3.05) is 0 Å². The highest BCUT2D eigenvalue weighted by Gasteiger charge is 2.57. The molecule has 0 aromatic rings. The lowest BCUT2D eigenvalue weighted by molar-refractivity contribution is -0.147. The molecule has 0 radical (unpaired) electrons. The number of hydrogen-bond donors (Lipinski definition) is 0. The molecule has 0 heterocycles. The molecule has 9 atom stereocenters. The molecule has 0 aromatic heterocycles. The quantitative estimate of drug-likeness (QED) is 0.163. The first-order valence-electron chi connectivity index (χ1n) is 16.6. The Balaban J connectivity index is 3.26. The molecule has 0 amide bonds. The average molecular weight is 503 g/mol. The zero-order valence-electron chi connectivity index (χ0n) is 27.4. The van der Waals surface area contributed by atoms with E-state index in [4.69, 9.17) is 0 Å². The van der Waals surface area contributed by atoms with E-state index in [-0.39, 0.29) is 0 Å². The van der Waals surface area contributed by atoms with E-state index in [9.17, 15) is 0 Å². The fraction of sp³-hybridized carbons (Fsp3) is 0.944. The van der Waals surface area contributed by atoms with Crippen LogP contribution in [0.3, 0.4) is 0 Å². The first-order chi connectivity index (χ1) is 16.9. The van der Waals surface area contributed by atoms with Crippen molar-refractivity contribution in [1.82, 2.24) is 0 Å². The summed E-state index contributed by atoms with van der Waals surface area (Å²) in [7, 11) is 0. The molecular formula is C36H70. The SMILES string of the molecule is CCCCC(C)C(C)C1(C(C)CC(=CC(CCC)C(CC(C)CC)C(C)C)CC)CC(C(C)C)C1C. The molecule has 0 saturated heterocycles. The molecule has 9 unspecified atom stereocenters. The van der Waals surface area contributed by atoms with Crippen LogP contribution in [0.4, 0.5) is 0 Å². The summed E-state index contributed by atoms with van der Waals surface area (Å²) in [6.07, 6.45) is 16.3. The van der Waals surface area contributed by atoms with Crippen LogP contribution in [0.15, 0.2) is 11.6 Å². The molecule has 0 aliphatic heterocycles. The summed E-state index contributed by atoms with van der Waals surface area (Å²) in [5.41, 5.74) is 2.29. The van der Waals surface area contributed by atoms with Crippen molar-refractivity contribution in [3.63, 3.8) is 0 Å². The summed E-state index contributed by atoms with van der Waals surface area (Å²) < 4.78 is 0. The molecule has 0 bridgehead atoms. The topological polar surface area (TPSA) is 0 Å². The van der Waals surface area contributed by atoms with Crippen LogP contribution in [0, 0.1) is 64.6 Å². The van der Waals surface area contributed by atoms with Crippen LogP contribution in [0.1, 0.15) is 154 Å². The molecule has 1 aliphatic rings. The zero-order valence-corrected chi connectivity index (χ0v) is 27.4. The first-order valence-corrected chi connectivity index (χ1v) is 16.6. The molecule has 0 spiro atoms. The second-order valence-electron chi connectivity index (χ2n) is 14.3. The first kappa shape index (κ1) is 33.8. The fourth-order valence-corrected chi connectivity index (χ4v) is 8.37. The highest BCUT2D eigenvalue weighted by atomic mass is 14.6. The van der Waals surface area contributed by atoms with Crippen LogP contribution >= 0.6 is 0 Å².